The van der Waals surface area contributed by atoms with E-state index in [1.54, 1.807) is 0 Å². The monoisotopic (exact) mass is 346 g/mol. The van der Waals surface area contributed by atoms with Crippen molar-refractivity contribution in [2.45, 2.75) is 45.1 Å². The topological polar surface area (TPSA) is 9.23 Å². The quantitative estimate of drug-likeness (QED) is 0.330. The van der Waals surface area contributed by atoms with E-state index in [-0.39, 0.29) is 0 Å². The van der Waals surface area contributed by atoms with Gasteiger partial charge in [0, 0.05) is 6.61 Å². The number of alkyl halides is 1. The lowest BCUT2D eigenvalue weighted by Gasteiger charge is -2.04. The van der Waals surface area contributed by atoms with Gasteiger partial charge in [-0.05, 0) is 22.8 Å². The Labute approximate surface area is 119 Å². The van der Waals surface area contributed by atoms with Crippen LogP contribution < -0.4 is 0 Å². The van der Waals surface area contributed by atoms with Crippen LogP contribution >= 0.6 is 22.6 Å². The van der Waals surface area contributed by atoms with Gasteiger partial charge in [0.05, 0.1) is 6.61 Å². The highest BCUT2D eigenvalue weighted by atomic mass is 127. The molecule has 0 aliphatic carbocycles. The van der Waals surface area contributed by atoms with Crippen molar-refractivity contribution < 1.29 is 4.74 Å². The molecule has 0 amide bonds. The molecule has 1 aromatic carbocycles. The molecule has 2 heteroatoms. The molecule has 0 radical (unpaired) electrons. The summed E-state index contributed by atoms with van der Waals surface area (Å²) in [6, 6.07) is 10.4. The fourth-order valence-electron chi connectivity index (χ4n) is 1.77. The van der Waals surface area contributed by atoms with Crippen molar-refractivity contribution >= 4 is 22.6 Å². The standard InChI is InChI=1S/C15H23IO/c16-12-8-3-1-2-4-9-13-17-14-15-10-6-5-7-11-15/h5-7,10-11H,1-4,8-9,12-14H2. The van der Waals surface area contributed by atoms with Gasteiger partial charge in [0.25, 0.3) is 0 Å². The summed E-state index contributed by atoms with van der Waals surface area (Å²) in [5, 5.41) is 0. The van der Waals surface area contributed by atoms with Crippen LogP contribution in [0.4, 0.5) is 0 Å². The van der Waals surface area contributed by atoms with Crippen LogP contribution in [0.25, 0.3) is 0 Å². The van der Waals surface area contributed by atoms with E-state index < -0.39 is 0 Å². The molecule has 0 bridgehead atoms. The zero-order valence-electron chi connectivity index (χ0n) is 10.5. The first kappa shape index (κ1) is 15.0. The van der Waals surface area contributed by atoms with E-state index in [9.17, 15) is 0 Å². The Hall–Kier alpha value is -0.0900. The van der Waals surface area contributed by atoms with Gasteiger partial charge in [0.1, 0.15) is 0 Å². The first-order chi connectivity index (χ1) is 8.43. The number of rotatable bonds is 10. The maximum Gasteiger partial charge on any atom is 0.0716 e. The van der Waals surface area contributed by atoms with E-state index in [0.29, 0.717) is 0 Å². The third-order valence-electron chi connectivity index (χ3n) is 2.78. The van der Waals surface area contributed by atoms with E-state index >= 15 is 0 Å². The smallest absolute Gasteiger partial charge is 0.0716 e. The van der Waals surface area contributed by atoms with Gasteiger partial charge in [-0.15, -0.1) is 0 Å². The van der Waals surface area contributed by atoms with Gasteiger partial charge >= 0.3 is 0 Å². The predicted molar refractivity (Wildman–Crippen MR) is 82.7 cm³/mol. The highest BCUT2D eigenvalue weighted by Crippen LogP contribution is 2.07. The Kier molecular flexibility index (Phi) is 9.71. The number of unbranched alkanes of at least 4 members (excludes halogenated alkanes) is 5. The molecule has 1 aromatic rings. The second-order valence-corrected chi connectivity index (χ2v) is 5.43. The van der Waals surface area contributed by atoms with Crippen LogP contribution in [0, 0.1) is 0 Å². The summed E-state index contributed by atoms with van der Waals surface area (Å²) in [5.74, 6) is 0. The minimum Gasteiger partial charge on any atom is -0.377 e. The highest BCUT2D eigenvalue weighted by Gasteiger charge is 1.93. The van der Waals surface area contributed by atoms with Crippen LogP contribution in [-0.4, -0.2) is 11.0 Å². The summed E-state index contributed by atoms with van der Waals surface area (Å²) in [6.07, 6.45) is 8.05. The molecule has 0 heterocycles. The summed E-state index contributed by atoms with van der Waals surface area (Å²) in [5.41, 5.74) is 1.27. The lowest BCUT2D eigenvalue weighted by molar-refractivity contribution is 0.116. The van der Waals surface area contributed by atoms with Crippen molar-refractivity contribution in [1.82, 2.24) is 0 Å². The maximum atomic E-state index is 5.65. The minimum atomic E-state index is 0.760. The van der Waals surface area contributed by atoms with Crippen molar-refractivity contribution in [2.75, 3.05) is 11.0 Å². The van der Waals surface area contributed by atoms with Crippen LogP contribution in [0.15, 0.2) is 30.3 Å². The third-order valence-corrected chi connectivity index (χ3v) is 3.55. The van der Waals surface area contributed by atoms with Gasteiger partial charge in [0.15, 0.2) is 0 Å². The van der Waals surface area contributed by atoms with Crippen molar-refractivity contribution in [3.8, 4) is 0 Å². The fraction of sp³-hybridized carbons (Fsp3) is 0.600. The lowest BCUT2D eigenvalue weighted by Crippen LogP contribution is -1.95. The van der Waals surface area contributed by atoms with E-state index in [2.05, 4.69) is 46.9 Å². The first-order valence-electron chi connectivity index (χ1n) is 6.61. The molecule has 0 unspecified atom stereocenters. The molecule has 0 saturated carbocycles. The van der Waals surface area contributed by atoms with Crippen LogP contribution in [-0.2, 0) is 11.3 Å². The van der Waals surface area contributed by atoms with Crippen LogP contribution in [0.5, 0.6) is 0 Å². The minimum absolute atomic E-state index is 0.760. The van der Waals surface area contributed by atoms with E-state index in [1.165, 1.54) is 48.5 Å². The zero-order valence-corrected chi connectivity index (χ0v) is 12.7. The Bertz CT molecular complexity index is 261. The number of ether oxygens (including phenoxy) is 1. The Morgan fingerprint density at radius 2 is 1.47 bits per heavy atom. The first-order valence-corrected chi connectivity index (χ1v) is 8.13. The van der Waals surface area contributed by atoms with Crippen LogP contribution in [0.3, 0.4) is 0 Å². The Balaban J connectivity index is 1.85. The molecule has 0 saturated heterocycles. The van der Waals surface area contributed by atoms with Gasteiger partial charge in [-0.3, -0.25) is 0 Å². The molecule has 1 nitrogen and oxygen atoms in total. The molecule has 0 atom stereocenters. The molecular weight excluding hydrogens is 323 g/mol. The van der Waals surface area contributed by atoms with Gasteiger partial charge in [-0.2, -0.15) is 0 Å². The van der Waals surface area contributed by atoms with Crippen LogP contribution in [0.1, 0.15) is 44.1 Å². The Morgan fingerprint density at radius 1 is 0.824 bits per heavy atom. The summed E-state index contributed by atoms with van der Waals surface area (Å²) < 4.78 is 6.95. The van der Waals surface area contributed by atoms with Gasteiger partial charge in [-0.1, -0.05) is 78.6 Å². The SMILES string of the molecule is ICCCCCCCCOCc1ccccc1. The predicted octanol–water partition coefficient (Wildman–Crippen LogP) is 4.98. The highest BCUT2D eigenvalue weighted by molar-refractivity contribution is 14.1. The summed E-state index contributed by atoms with van der Waals surface area (Å²) >= 11 is 2.45. The molecule has 17 heavy (non-hydrogen) atoms. The average Bonchev–Trinajstić information content (AvgIpc) is 2.38. The van der Waals surface area contributed by atoms with Gasteiger partial charge in [-0.25, -0.2) is 0 Å². The number of halogens is 1. The van der Waals surface area contributed by atoms with Crippen molar-refractivity contribution in [3.05, 3.63) is 35.9 Å². The van der Waals surface area contributed by atoms with Crippen molar-refractivity contribution in [3.63, 3.8) is 0 Å². The fourth-order valence-corrected chi connectivity index (χ4v) is 2.31. The van der Waals surface area contributed by atoms with E-state index in [4.69, 9.17) is 4.74 Å². The molecule has 96 valence electrons. The van der Waals surface area contributed by atoms with Crippen molar-refractivity contribution in [2.24, 2.45) is 0 Å². The molecule has 1 rings (SSSR count). The van der Waals surface area contributed by atoms with Gasteiger partial charge in [0.2, 0.25) is 0 Å². The Morgan fingerprint density at radius 3 is 2.18 bits per heavy atom. The maximum absolute atomic E-state index is 5.65. The zero-order chi connectivity index (χ0) is 12.2. The molecule has 0 aliphatic heterocycles. The second kappa shape index (κ2) is 11.0. The number of hydrogen-bond donors (Lipinski definition) is 0. The summed E-state index contributed by atoms with van der Waals surface area (Å²) in [6.45, 7) is 1.66. The second-order valence-electron chi connectivity index (χ2n) is 4.35. The van der Waals surface area contributed by atoms with Crippen LogP contribution in [0.2, 0.25) is 0 Å². The third kappa shape index (κ3) is 8.61. The normalized spacial score (nSPS) is 10.6. The number of benzene rings is 1. The van der Waals surface area contributed by atoms with Crippen molar-refractivity contribution in [1.29, 1.82) is 0 Å². The average molecular weight is 346 g/mol. The lowest BCUT2D eigenvalue weighted by atomic mass is 10.1. The summed E-state index contributed by atoms with van der Waals surface area (Å²) in [7, 11) is 0. The van der Waals surface area contributed by atoms with E-state index in [1.807, 2.05) is 6.07 Å². The summed E-state index contributed by atoms with van der Waals surface area (Å²) in [4.78, 5) is 0. The molecular formula is C15H23IO. The van der Waals surface area contributed by atoms with E-state index in [0.717, 1.165) is 13.2 Å². The molecule has 0 fully saturated rings. The van der Waals surface area contributed by atoms with Gasteiger partial charge < -0.3 is 4.74 Å². The molecule has 0 aromatic heterocycles. The molecule has 0 N–H and O–H groups in total. The molecule has 0 aliphatic rings. The molecule has 0 spiro atoms. The number of hydrogen-bond acceptors (Lipinski definition) is 1. The largest absolute Gasteiger partial charge is 0.377 e.